The molecule has 2 aromatic carbocycles. The molecule has 5 nitrogen and oxygen atoms in total. The molecule has 0 fully saturated rings. The minimum atomic E-state index is -1.07. The summed E-state index contributed by atoms with van der Waals surface area (Å²) in [6.45, 7) is 0.447. The van der Waals surface area contributed by atoms with Crippen molar-refractivity contribution in [3.05, 3.63) is 83.9 Å². The molecule has 0 spiro atoms. The fourth-order valence-corrected chi connectivity index (χ4v) is 3.67. The summed E-state index contributed by atoms with van der Waals surface area (Å²) in [5.74, 6) is -0.528. The molecule has 0 radical (unpaired) electrons. The number of carboxylic acids is 1. The summed E-state index contributed by atoms with van der Waals surface area (Å²) in [4.78, 5) is 16.8. The summed E-state index contributed by atoms with van der Waals surface area (Å²) in [6.07, 6.45) is 5.92. The average molecular weight is 390 g/mol. The van der Waals surface area contributed by atoms with Crippen molar-refractivity contribution < 1.29 is 14.3 Å². The van der Waals surface area contributed by atoms with Gasteiger partial charge in [-0.3, -0.25) is 4.99 Å². The van der Waals surface area contributed by atoms with Crippen molar-refractivity contribution in [2.24, 2.45) is 4.99 Å². The lowest BCUT2D eigenvalue weighted by atomic mass is 10.2. The van der Waals surface area contributed by atoms with Gasteiger partial charge in [-0.25, -0.2) is 4.79 Å². The number of fused-ring (bicyclic) bond motifs is 1. The van der Waals surface area contributed by atoms with Crippen molar-refractivity contribution in [1.82, 2.24) is 4.57 Å². The van der Waals surface area contributed by atoms with E-state index in [1.54, 1.807) is 17.8 Å². The fourth-order valence-electron chi connectivity index (χ4n) is 3.13. The molecule has 2 aromatic heterocycles. The highest BCUT2D eigenvalue weighted by Crippen LogP contribution is 2.28. The monoisotopic (exact) mass is 390 g/mol. The van der Waals surface area contributed by atoms with Crippen molar-refractivity contribution in [2.45, 2.75) is 11.4 Å². The lowest BCUT2D eigenvalue weighted by Gasteiger charge is -2.02. The largest absolute Gasteiger partial charge is 0.475 e. The van der Waals surface area contributed by atoms with Crippen LogP contribution in [0.2, 0.25) is 0 Å². The van der Waals surface area contributed by atoms with Crippen molar-refractivity contribution >= 4 is 40.5 Å². The van der Waals surface area contributed by atoms with Gasteiger partial charge in [0.25, 0.3) is 0 Å². The Bertz CT molecular complexity index is 1170. The number of thioether (sulfide) groups is 1. The van der Waals surface area contributed by atoms with Gasteiger partial charge >= 0.3 is 5.97 Å². The maximum Gasteiger partial charge on any atom is 0.371 e. The van der Waals surface area contributed by atoms with E-state index in [9.17, 15) is 4.79 Å². The molecule has 0 amide bonds. The third-order valence-corrected chi connectivity index (χ3v) is 5.23. The summed E-state index contributed by atoms with van der Waals surface area (Å²) in [5.41, 5.74) is 2.97. The molecule has 6 heteroatoms. The molecule has 0 atom stereocenters. The normalized spacial score (nSPS) is 11.5. The summed E-state index contributed by atoms with van der Waals surface area (Å²) in [5, 5.41) is 10.1. The number of carboxylic acid groups (broad SMARTS) is 1. The Hall–Kier alpha value is -3.25. The van der Waals surface area contributed by atoms with Gasteiger partial charge < -0.3 is 14.1 Å². The predicted molar refractivity (Wildman–Crippen MR) is 112 cm³/mol. The number of aromatic carboxylic acids is 1. The molecule has 0 aliphatic heterocycles. The Morgan fingerprint density at radius 1 is 1.14 bits per heavy atom. The molecule has 0 aliphatic rings. The van der Waals surface area contributed by atoms with Crippen molar-refractivity contribution in [3.8, 4) is 0 Å². The summed E-state index contributed by atoms with van der Waals surface area (Å²) < 4.78 is 7.45. The summed E-state index contributed by atoms with van der Waals surface area (Å²) >= 11 is 1.67. The topological polar surface area (TPSA) is 67.7 Å². The zero-order valence-electron chi connectivity index (χ0n) is 15.2. The number of benzene rings is 2. The van der Waals surface area contributed by atoms with Crippen LogP contribution in [0.25, 0.3) is 10.9 Å². The Balaban J connectivity index is 1.70. The van der Waals surface area contributed by atoms with E-state index < -0.39 is 5.97 Å². The molecule has 0 unspecified atom stereocenters. The van der Waals surface area contributed by atoms with Gasteiger partial charge in [-0.15, -0.1) is 11.8 Å². The molecular weight excluding hydrogens is 372 g/mol. The van der Waals surface area contributed by atoms with Crippen LogP contribution in [-0.4, -0.2) is 28.1 Å². The first-order valence-electron chi connectivity index (χ1n) is 8.72. The van der Waals surface area contributed by atoms with E-state index in [0.717, 1.165) is 27.0 Å². The number of rotatable bonds is 6. The Morgan fingerprint density at radius 2 is 1.93 bits per heavy atom. The number of nitrogens with zero attached hydrogens (tertiary/aromatic N) is 2. The second-order valence-corrected chi connectivity index (χ2v) is 7.08. The van der Waals surface area contributed by atoms with Gasteiger partial charge in [0.05, 0.1) is 12.2 Å². The first kappa shape index (κ1) is 18.1. The van der Waals surface area contributed by atoms with Crippen LogP contribution >= 0.6 is 11.8 Å². The number of furan rings is 1. The van der Waals surface area contributed by atoms with Crippen LogP contribution in [0.4, 0.5) is 5.69 Å². The first-order valence-corrected chi connectivity index (χ1v) is 9.95. The molecule has 0 saturated carbocycles. The average Bonchev–Trinajstić information content (AvgIpc) is 3.32. The SMILES string of the molecule is CSc1ccccc1N=Cc1cn(Cc2ccc(C(=O)O)o2)c2ccccc12. The van der Waals surface area contributed by atoms with Gasteiger partial charge in [0.1, 0.15) is 5.76 Å². The zero-order valence-corrected chi connectivity index (χ0v) is 16.0. The van der Waals surface area contributed by atoms with Gasteiger partial charge in [0.15, 0.2) is 0 Å². The van der Waals surface area contributed by atoms with Crippen LogP contribution in [0.3, 0.4) is 0 Å². The highest BCUT2D eigenvalue weighted by Gasteiger charge is 2.12. The van der Waals surface area contributed by atoms with Crippen LogP contribution in [0.5, 0.6) is 0 Å². The third kappa shape index (κ3) is 3.59. The van der Waals surface area contributed by atoms with E-state index >= 15 is 0 Å². The Labute approximate surface area is 166 Å². The predicted octanol–water partition coefficient (Wildman–Crippen LogP) is 5.45. The van der Waals surface area contributed by atoms with Crippen LogP contribution in [0.15, 0.2) is 81.2 Å². The maximum atomic E-state index is 11.0. The molecule has 2 heterocycles. The number of para-hydroxylation sites is 2. The van der Waals surface area contributed by atoms with Crippen LogP contribution in [0.1, 0.15) is 21.9 Å². The molecule has 0 bridgehead atoms. The van der Waals surface area contributed by atoms with E-state index in [2.05, 4.69) is 17.1 Å². The second kappa shape index (κ2) is 7.78. The summed E-state index contributed by atoms with van der Waals surface area (Å²) in [7, 11) is 0. The molecule has 28 heavy (non-hydrogen) atoms. The maximum absolute atomic E-state index is 11.0. The van der Waals surface area contributed by atoms with Crippen molar-refractivity contribution in [2.75, 3.05) is 6.26 Å². The number of hydrogen-bond donors (Lipinski definition) is 1. The quantitative estimate of drug-likeness (QED) is 0.351. The molecule has 140 valence electrons. The number of carbonyl (C=O) groups is 1. The lowest BCUT2D eigenvalue weighted by molar-refractivity contribution is 0.0660. The number of aliphatic imine (C=N–C) groups is 1. The van der Waals surface area contributed by atoms with E-state index in [1.165, 1.54) is 6.07 Å². The zero-order chi connectivity index (χ0) is 19.5. The van der Waals surface area contributed by atoms with Crippen LogP contribution < -0.4 is 0 Å². The molecule has 4 rings (SSSR count). The molecule has 4 aromatic rings. The first-order chi connectivity index (χ1) is 13.7. The minimum absolute atomic E-state index is 0.0538. The standard InChI is InChI=1S/C22H18N2O3S/c1-28-21-9-5-3-7-18(21)23-12-15-13-24(19-8-4-2-6-17(15)19)14-16-10-11-20(27-16)22(25)26/h2-13H,14H2,1H3,(H,25,26). The lowest BCUT2D eigenvalue weighted by Crippen LogP contribution is -1.97. The Kier molecular flexibility index (Phi) is 5.04. The van der Waals surface area contributed by atoms with E-state index in [4.69, 9.17) is 9.52 Å². The van der Waals surface area contributed by atoms with Crippen LogP contribution in [-0.2, 0) is 6.54 Å². The van der Waals surface area contributed by atoms with E-state index in [1.807, 2.05) is 59.6 Å². The van der Waals surface area contributed by atoms with Gasteiger partial charge in [0.2, 0.25) is 5.76 Å². The number of aromatic nitrogens is 1. The van der Waals surface area contributed by atoms with Gasteiger partial charge in [-0.2, -0.15) is 0 Å². The molecule has 1 N–H and O–H groups in total. The number of hydrogen-bond acceptors (Lipinski definition) is 4. The highest BCUT2D eigenvalue weighted by molar-refractivity contribution is 7.98. The highest BCUT2D eigenvalue weighted by atomic mass is 32.2. The van der Waals surface area contributed by atoms with Crippen molar-refractivity contribution in [3.63, 3.8) is 0 Å². The summed E-state index contributed by atoms with van der Waals surface area (Å²) in [6, 6.07) is 19.3. The van der Waals surface area contributed by atoms with E-state index in [0.29, 0.717) is 12.3 Å². The van der Waals surface area contributed by atoms with Gasteiger partial charge in [0, 0.05) is 33.8 Å². The smallest absolute Gasteiger partial charge is 0.371 e. The fraction of sp³-hybridized carbons (Fsp3) is 0.0909. The minimum Gasteiger partial charge on any atom is -0.475 e. The molecule has 0 saturated heterocycles. The third-order valence-electron chi connectivity index (χ3n) is 4.45. The van der Waals surface area contributed by atoms with Gasteiger partial charge in [-0.05, 0) is 36.6 Å². The second-order valence-electron chi connectivity index (χ2n) is 6.23. The molecule has 0 aliphatic carbocycles. The Morgan fingerprint density at radius 3 is 2.71 bits per heavy atom. The van der Waals surface area contributed by atoms with E-state index in [-0.39, 0.29) is 5.76 Å². The molecular formula is C22H18N2O3S. The van der Waals surface area contributed by atoms with Crippen molar-refractivity contribution in [1.29, 1.82) is 0 Å². The van der Waals surface area contributed by atoms with Gasteiger partial charge in [-0.1, -0.05) is 30.3 Å². The van der Waals surface area contributed by atoms with Crippen LogP contribution in [0, 0.1) is 0 Å².